The number of rotatable bonds is 14. The van der Waals surface area contributed by atoms with Crippen molar-refractivity contribution in [3.05, 3.63) is 51.8 Å². The molecule has 3 N–H and O–H groups in total. The van der Waals surface area contributed by atoms with E-state index in [0.717, 1.165) is 12.8 Å². The Labute approximate surface area is 223 Å². The molecule has 0 bridgehead atoms. The van der Waals surface area contributed by atoms with Crippen molar-refractivity contribution in [1.82, 2.24) is 0 Å². The van der Waals surface area contributed by atoms with Gasteiger partial charge in [0, 0.05) is 18.9 Å². The summed E-state index contributed by atoms with van der Waals surface area (Å²) in [7, 11) is 0. The lowest BCUT2D eigenvalue weighted by molar-refractivity contribution is -0.377. The first-order valence-electron chi connectivity index (χ1n) is 11.8. The molecular weight excluding hydrogens is 533 g/mol. The molecule has 0 aliphatic heterocycles. The van der Waals surface area contributed by atoms with Gasteiger partial charge in [-0.05, 0) is 49.3 Å². The molecule has 1 aliphatic carbocycles. The van der Waals surface area contributed by atoms with Gasteiger partial charge in [0.15, 0.2) is 23.9 Å². The maximum atomic E-state index is 13.0. The number of carbonyl (C=O) groups excluding carboxylic acids is 2. The van der Waals surface area contributed by atoms with Crippen molar-refractivity contribution in [2.24, 2.45) is 11.7 Å². The molecule has 3 rings (SSSR count). The minimum absolute atomic E-state index is 0.0787. The van der Waals surface area contributed by atoms with E-state index in [0.29, 0.717) is 40.1 Å². The topological polar surface area (TPSA) is 111 Å². The first kappa shape index (κ1) is 28.9. The summed E-state index contributed by atoms with van der Waals surface area (Å²) in [4.78, 5) is 26.6. The number of halogens is 4. The van der Waals surface area contributed by atoms with Gasteiger partial charge < -0.3 is 24.7 Å². The minimum Gasteiger partial charge on any atom is -0.489 e. The molecule has 0 saturated heterocycles. The van der Waals surface area contributed by atoms with Gasteiger partial charge in [-0.25, -0.2) is 4.98 Å². The number of nitrogens with one attached hydrogen (secondary N) is 1. The first-order valence-corrected chi connectivity index (χ1v) is 12.5. The third-order valence-electron chi connectivity index (χ3n) is 5.64. The zero-order chi connectivity index (χ0) is 26.9. The smallest absolute Gasteiger partial charge is 0.387 e. The monoisotopic (exact) mass is 561 g/mol. The summed E-state index contributed by atoms with van der Waals surface area (Å²) in [5.41, 5.74) is 6.97. The van der Waals surface area contributed by atoms with E-state index in [-0.39, 0.29) is 30.9 Å². The SMILES string of the molecule is CC(=O)OCCC[C@@H](N)C(=O)O[C@@H](Cc1c(Cl)c[nH+]cc1Cl)c1ccc(OC(F)F)c(OCC2CC2)c1. The van der Waals surface area contributed by atoms with Crippen LogP contribution in [0.3, 0.4) is 0 Å². The molecule has 1 aromatic carbocycles. The molecule has 0 radical (unpaired) electrons. The number of aromatic nitrogens is 1. The summed E-state index contributed by atoms with van der Waals surface area (Å²) in [6.45, 7) is -1.27. The molecule has 0 spiro atoms. The van der Waals surface area contributed by atoms with Gasteiger partial charge in [-0.2, -0.15) is 8.78 Å². The predicted octanol–water partition coefficient (Wildman–Crippen LogP) is 4.70. The molecule has 1 fully saturated rings. The fraction of sp³-hybridized carbons (Fsp3) is 0.480. The van der Waals surface area contributed by atoms with Crippen LogP contribution in [0.15, 0.2) is 30.6 Å². The fourth-order valence-electron chi connectivity index (χ4n) is 3.47. The van der Waals surface area contributed by atoms with Crippen molar-refractivity contribution in [1.29, 1.82) is 0 Å². The number of aromatic amines is 1. The van der Waals surface area contributed by atoms with Crippen molar-refractivity contribution < 1.29 is 42.3 Å². The second kappa shape index (κ2) is 13.7. The summed E-state index contributed by atoms with van der Waals surface area (Å²) in [6, 6.07) is 3.36. The molecule has 202 valence electrons. The third-order valence-corrected chi connectivity index (χ3v) is 6.31. The lowest BCUT2D eigenvalue weighted by Gasteiger charge is -2.22. The molecule has 2 aromatic rings. The van der Waals surface area contributed by atoms with Gasteiger partial charge in [-0.15, -0.1) is 0 Å². The Kier molecular flexibility index (Phi) is 10.7. The third kappa shape index (κ3) is 9.28. The van der Waals surface area contributed by atoms with Crippen LogP contribution in [0.5, 0.6) is 11.5 Å². The average molecular weight is 562 g/mol. The summed E-state index contributed by atoms with van der Waals surface area (Å²) in [5.74, 6) is -0.785. The van der Waals surface area contributed by atoms with E-state index >= 15 is 0 Å². The van der Waals surface area contributed by atoms with Gasteiger partial charge >= 0.3 is 18.6 Å². The minimum atomic E-state index is -3.04. The Morgan fingerprint density at radius 1 is 1.16 bits per heavy atom. The van der Waals surface area contributed by atoms with Crippen LogP contribution in [-0.2, 0) is 25.5 Å². The number of hydrogen-bond acceptors (Lipinski definition) is 7. The molecule has 1 aliphatic rings. The average Bonchev–Trinajstić information content (AvgIpc) is 3.66. The molecule has 12 heteroatoms. The predicted molar refractivity (Wildman–Crippen MR) is 131 cm³/mol. The second-order valence-corrected chi connectivity index (χ2v) is 9.50. The maximum Gasteiger partial charge on any atom is 0.387 e. The molecule has 0 unspecified atom stereocenters. The maximum absolute atomic E-state index is 13.0. The zero-order valence-electron chi connectivity index (χ0n) is 20.2. The van der Waals surface area contributed by atoms with Crippen molar-refractivity contribution in [3.63, 3.8) is 0 Å². The highest BCUT2D eigenvalue weighted by Gasteiger charge is 2.27. The molecule has 1 saturated carbocycles. The lowest BCUT2D eigenvalue weighted by Crippen LogP contribution is -2.34. The highest BCUT2D eigenvalue weighted by molar-refractivity contribution is 6.35. The van der Waals surface area contributed by atoms with Crippen LogP contribution in [-0.4, -0.2) is 37.8 Å². The Morgan fingerprint density at radius 2 is 1.86 bits per heavy atom. The Bertz CT molecular complexity index is 1070. The number of alkyl halides is 2. The number of esters is 2. The second-order valence-electron chi connectivity index (χ2n) is 8.69. The summed E-state index contributed by atoms with van der Waals surface area (Å²) in [6.07, 6.45) is 4.81. The van der Waals surface area contributed by atoms with E-state index in [9.17, 15) is 18.4 Å². The molecule has 1 heterocycles. The summed E-state index contributed by atoms with van der Waals surface area (Å²) >= 11 is 12.7. The zero-order valence-corrected chi connectivity index (χ0v) is 21.7. The molecule has 8 nitrogen and oxygen atoms in total. The van der Waals surface area contributed by atoms with Gasteiger partial charge in [-0.1, -0.05) is 29.3 Å². The Balaban J connectivity index is 1.84. The van der Waals surface area contributed by atoms with Crippen LogP contribution in [0.2, 0.25) is 10.0 Å². The van der Waals surface area contributed by atoms with Crippen molar-refractivity contribution in [3.8, 4) is 11.5 Å². The number of nitrogens with two attached hydrogens (primary N) is 1. The Morgan fingerprint density at radius 3 is 2.49 bits per heavy atom. The summed E-state index contributed by atoms with van der Waals surface area (Å²) < 4.78 is 46.9. The van der Waals surface area contributed by atoms with Gasteiger partial charge in [0.25, 0.3) is 0 Å². The largest absolute Gasteiger partial charge is 0.489 e. The number of benzene rings is 1. The van der Waals surface area contributed by atoms with Gasteiger partial charge in [0.1, 0.15) is 22.2 Å². The lowest BCUT2D eigenvalue weighted by atomic mass is 10.0. The van der Waals surface area contributed by atoms with E-state index in [4.69, 9.17) is 43.1 Å². The quantitative estimate of drug-likeness (QED) is 0.263. The van der Waals surface area contributed by atoms with Crippen LogP contribution >= 0.6 is 23.2 Å². The van der Waals surface area contributed by atoms with Gasteiger partial charge in [0.2, 0.25) is 0 Å². The van der Waals surface area contributed by atoms with Crippen molar-refractivity contribution in [2.45, 2.75) is 57.8 Å². The van der Waals surface area contributed by atoms with E-state index in [1.807, 2.05) is 0 Å². The van der Waals surface area contributed by atoms with Crippen LogP contribution < -0.4 is 20.2 Å². The normalized spacial score (nSPS) is 14.7. The van der Waals surface area contributed by atoms with Gasteiger partial charge in [-0.3, -0.25) is 9.59 Å². The van der Waals surface area contributed by atoms with Crippen LogP contribution in [0.4, 0.5) is 8.78 Å². The fourth-order valence-corrected chi connectivity index (χ4v) is 4.00. The number of pyridine rings is 1. The van der Waals surface area contributed by atoms with Crippen LogP contribution in [0, 0.1) is 5.92 Å². The number of ether oxygens (including phenoxy) is 4. The number of hydrogen-bond donors (Lipinski definition) is 1. The highest BCUT2D eigenvalue weighted by atomic mass is 35.5. The molecule has 2 atom stereocenters. The number of carbonyl (C=O) groups is 2. The standard InChI is InChI=1S/C25H28Cl2F2N2O6/c1-14(32)34-8-2-3-20(30)24(33)36-22(10-17-18(26)11-31-12-19(17)27)16-6-7-21(37-25(28)29)23(9-16)35-13-15-4-5-15/h6-7,9,11-12,15,20,22,25H,2-5,8,10,13,30H2,1H3/p+1/t20-,22+/m1/s1. The van der Waals surface area contributed by atoms with E-state index in [1.165, 1.54) is 37.5 Å². The first-order chi connectivity index (χ1) is 17.6. The van der Waals surface area contributed by atoms with E-state index in [1.54, 1.807) is 0 Å². The molecule has 37 heavy (non-hydrogen) atoms. The van der Waals surface area contributed by atoms with Crippen molar-refractivity contribution >= 4 is 35.1 Å². The van der Waals surface area contributed by atoms with Crippen molar-refractivity contribution in [2.75, 3.05) is 13.2 Å². The van der Waals surface area contributed by atoms with E-state index in [2.05, 4.69) is 9.72 Å². The highest BCUT2D eigenvalue weighted by Crippen LogP contribution is 2.37. The Hall–Kier alpha value is -2.69. The summed E-state index contributed by atoms with van der Waals surface area (Å²) in [5, 5.41) is 0.643. The molecular formula is C25H29Cl2F2N2O6+. The van der Waals surface area contributed by atoms with E-state index < -0.39 is 30.7 Å². The molecule has 1 aromatic heterocycles. The number of H-pyrrole nitrogens is 1. The molecule has 0 amide bonds. The van der Waals surface area contributed by atoms with Crippen LogP contribution in [0.1, 0.15) is 49.8 Å². The van der Waals surface area contributed by atoms with Gasteiger partial charge in [0.05, 0.1) is 13.2 Å². The van der Waals surface area contributed by atoms with Crippen LogP contribution in [0.25, 0.3) is 0 Å².